The molecule has 2 amide bonds. The van der Waals surface area contributed by atoms with Gasteiger partial charge in [-0.25, -0.2) is 9.18 Å². The van der Waals surface area contributed by atoms with Crippen LogP contribution in [0.15, 0.2) is 42.5 Å². The summed E-state index contributed by atoms with van der Waals surface area (Å²) in [6.45, 7) is 5.74. The molecule has 2 aromatic carbocycles. The van der Waals surface area contributed by atoms with E-state index in [1.165, 1.54) is 23.3 Å². The monoisotopic (exact) mass is 464 g/mol. The zero-order chi connectivity index (χ0) is 23.9. The first kappa shape index (κ1) is 22.9. The first-order valence-corrected chi connectivity index (χ1v) is 12.4. The Morgan fingerprint density at radius 3 is 2.24 bits per heavy atom. The van der Waals surface area contributed by atoms with Crippen molar-refractivity contribution < 1.29 is 18.7 Å². The highest BCUT2D eigenvalue weighted by molar-refractivity contribution is 5.89. The maximum atomic E-state index is 14.0. The molecule has 1 atom stereocenters. The van der Waals surface area contributed by atoms with Gasteiger partial charge in [0.1, 0.15) is 11.4 Å². The molecular formula is C28H33FN2O3. The SMILES string of the molecule is Cc1cc(C)cc(C2(C(=O)N3CCC4(CC3)OC(=O)NCC4c3ccc(F)cc3)CCCC2)c1. The summed E-state index contributed by atoms with van der Waals surface area (Å²) in [5.74, 6) is -0.154. The fraction of sp³-hybridized carbons (Fsp3) is 0.500. The third kappa shape index (κ3) is 3.97. The predicted octanol–water partition coefficient (Wildman–Crippen LogP) is 5.14. The van der Waals surface area contributed by atoms with E-state index >= 15 is 0 Å². The second-order valence-electron chi connectivity index (χ2n) is 10.4. The molecule has 2 aliphatic heterocycles. The van der Waals surface area contributed by atoms with Crippen LogP contribution in [0.3, 0.4) is 0 Å². The maximum absolute atomic E-state index is 14.0. The van der Waals surface area contributed by atoms with Gasteiger partial charge >= 0.3 is 6.09 Å². The van der Waals surface area contributed by atoms with E-state index in [1.807, 2.05) is 4.90 Å². The number of aryl methyl sites for hydroxylation is 2. The lowest BCUT2D eigenvalue weighted by molar-refractivity contribution is -0.143. The molecule has 0 bridgehead atoms. The Morgan fingerprint density at radius 2 is 1.62 bits per heavy atom. The highest BCUT2D eigenvalue weighted by atomic mass is 19.1. The van der Waals surface area contributed by atoms with E-state index in [0.717, 1.165) is 36.8 Å². The van der Waals surface area contributed by atoms with Crippen LogP contribution in [0.4, 0.5) is 9.18 Å². The summed E-state index contributed by atoms with van der Waals surface area (Å²) in [6.07, 6.45) is 4.63. The van der Waals surface area contributed by atoms with E-state index in [2.05, 4.69) is 37.4 Å². The molecule has 3 fully saturated rings. The van der Waals surface area contributed by atoms with Gasteiger partial charge in [0.15, 0.2) is 0 Å². The Balaban J connectivity index is 1.39. The van der Waals surface area contributed by atoms with Crippen LogP contribution in [0.2, 0.25) is 0 Å². The van der Waals surface area contributed by atoms with Crippen LogP contribution in [0.1, 0.15) is 66.7 Å². The highest BCUT2D eigenvalue weighted by Gasteiger charge is 2.51. The molecule has 2 aromatic rings. The van der Waals surface area contributed by atoms with Gasteiger partial charge in [0.05, 0.1) is 5.41 Å². The molecule has 2 saturated heterocycles. The van der Waals surface area contributed by atoms with Gasteiger partial charge in [-0.3, -0.25) is 4.79 Å². The van der Waals surface area contributed by atoms with Crippen LogP contribution in [-0.4, -0.2) is 42.1 Å². The largest absolute Gasteiger partial charge is 0.442 e. The second kappa shape index (κ2) is 8.71. The third-order valence-electron chi connectivity index (χ3n) is 8.19. The number of likely N-dealkylation sites (tertiary alicyclic amines) is 1. The number of alkyl carbamates (subject to hydrolysis) is 1. The molecule has 1 spiro atoms. The summed E-state index contributed by atoms with van der Waals surface area (Å²) in [5.41, 5.74) is 3.34. The molecule has 2 heterocycles. The van der Waals surface area contributed by atoms with Crippen molar-refractivity contribution in [3.8, 4) is 0 Å². The van der Waals surface area contributed by atoms with Gasteiger partial charge in [-0.15, -0.1) is 0 Å². The smallest absolute Gasteiger partial charge is 0.407 e. The van der Waals surface area contributed by atoms with Crippen molar-refractivity contribution in [2.75, 3.05) is 19.6 Å². The van der Waals surface area contributed by atoms with E-state index < -0.39 is 17.1 Å². The molecule has 1 unspecified atom stereocenters. The fourth-order valence-corrected chi connectivity index (χ4v) is 6.48. The Hall–Kier alpha value is -2.89. The van der Waals surface area contributed by atoms with Crippen LogP contribution in [0.5, 0.6) is 0 Å². The second-order valence-corrected chi connectivity index (χ2v) is 10.4. The number of carbonyl (C=O) groups excluding carboxylic acids is 2. The van der Waals surface area contributed by atoms with Gasteiger partial charge in [-0.1, -0.05) is 54.3 Å². The number of rotatable bonds is 3. The highest BCUT2D eigenvalue weighted by Crippen LogP contribution is 2.46. The first-order chi connectivity index (χ1) is 16.3. The minimum atomic E-state index is -0.681. The summed E-state index contributed by atoms with van der Waals surface area (Å²) in [5, 5.41) is 2.80. The molecular weight excluding hydrogens is 431 g/mol. The fourth-order valence-electron chi connectivity index (χ4n) is 6.48. The van der Waals surface area contributed by atoms with E-state index in [1.54, 1.807) is 12.1 Å². The zero-order valence-corrected chi connectivity index (χ0v) is 20.0. The van der Waals surface area contributed by atoms with Gasteiger partial charge in [-0.05, 0) is 49.9 Å². The third-order valence-corrected chi connectivity index (χ3v) is 8.19. The summed E-state index contributed by atoms with van der Waals surface area (Å²) in [7, 11) is 0. The summed E-state index contributed by atoms with van der Waals surface area (Å²) in [6, 6.07) is 13.0. The first-order valence-electron chi connectivity index (χ1n) is 12.4. The lowest BCUT2D eigenvalue weighted by Crippen LogP contribution is -2.59. The Bertz CT molecular complexity index is 1060. The lowest BCUT2D eigenvalue weighted by Gasteiger charge is -2.49. The molecule has 180 valence electrons. The van der Waals surface area contributed by atoms with E-state index in [0.29, 0.717) is 32.5 Å². The summed E-state index contributed by atoms with van der Waals surface area (Å²) in [4.78, 5) is 28.2. The van der Waals surface area contributed by atoms with Crippen molar-refractivity contribution in [2.24, 2.45) is 0 Å². The molecule has 0 radical (unpaired) electrons. The number of nitrogens with one attached hydrogen (secondary N) is 1. The Morgan fingerprint density at radius 1 is 1.00 bits per heavy atom. The average Bonchev–Trinajstić information content (AvgIpc) is 3.31. The summed E-state index contributed by atoms with van der Waals surface area (Å²) < 4.78 is 19.4. The molecule has 1 saturated carbocycles. The van der Waals surface area contributed by atoms with Crippen LogP contribution in [0.25, 0.3) is 0 Å². The molecule has 3 aliphatic rings. The van der Waals surface area contributed by atoms with Gasteiger partial charge in [-0.2, -0.15) is 0 Å². The number of hydrogen-bond acceptors (Lipinski definition) is 3. The molecule has 1 N–H and O–H groups in total. The van der Waals surface area contributed by atoms with Crippen molar-refractivity contribution in [3.63, 3.8) is 0 Å². The Kier molecular flexibility index (Phi) is 5.86. The average molecular weight is 465 g/mol. The molecule has 1 aliphatic carbocycles. The summed E-state index contributed by atoms with van der Waals surface area (Å²) >= 11 is 0. The van der Waals surface area contributed by atoms with Gasteiger partial charge in [0.25, 0.3) is 0 Å². The molecule has 5 rings (SSSR count). The van der Waals surface area contributed by atoms with E-state index in [-0.39, 0.29) is 17.6 Å². The number of halogens is 1. The van der Waals surface area contributed by atoms with E-state index in [4.69, 9.17) is 4.74 Å². The zero-order valence-electron chi connectivity index (χ0n) is 20.0. The normalized spacial score (nSPS) is 23.4. The van der Waals surface area contributed by atoms with Crippen LogP contribution < -0.4 is 5.32 Å². The predicted molar refractivity (Wildman–Crippen MR) is 128 cm³/mol. The lowest BCUT2D eigenvalue weighted by atomic mass is 9.73. The quantitative estimate of drug-likeness (QED) is 0.684. The van der Waals surface area contributed by atoms with Crippen molar-refractivity contribution in [1.82, 2.24) is 10.2 Å². The van der Waals surface area contributed by atoms with Crippen LogP contribution in [-0.2, 0) is 14.9 Å². The number of ether oxygens (including phenoxy) is 1. The number of carbonyl (C=O) groups is 2. The van der Waals surface area contributed by atoms with Gasteiger partial charge in [0, 0.05) is 38.4 Å². The number of benzene rings is 2. The minimum absolute atomic E-state index is 0.0806. The van der Waals surface area contributed by atoms with E-state index in [9.17, 15) is 14.0 Å². The van der Waals surface area contributed by atoms with Crippen molar-refractivity contribution >= 4 is 12.0 Å². The van der Waals surface area contributed by atoms with Crippen LogP contribution >= 0.6 is 0 Å². The van der Waals surface area contributed by atoms with Crippen molar-refractivity contribution in [2.45, 2.75) is 69.3 Å². The molecule has 6 heteroatoms. The number of amides is 2. The molecule has 34 heavy (non-hydrogen) atoms. The maximum Gasteiger partial charge on any atom is 0.407 e. The standard InChI is InChI=1S/C28H33FN2O3/c1-19-15-20(2)17-22(16-19)27(9-3-4-10-27)25(32)31-13-11-28(12-14-31)24(18-30-26(33)34-28)21-5-7-23(29)8-6-21/h5-8,15-17,24H,3-4,9-14,18H2,1-2H3,(H,30,33). The molecule has 5 nitrogen and oxygen atoms in total. The minimum Gasteiger partial charge on any atom is -0.442 e. The topological polar surface area (TPSA) is 58.6 Å². The number of piperidine rings is 1. The molecule has 0 aromatic heterocycles. The number of nitrogens with zero attached hydrogens (tertiary/aromatic N) is 1. The van der Waals surface area contributed by atoms with Gasteiger partial charge in [0.2, 0.25) is 5.91 Å². The Labute approximate surface area is 200 Å². The van der Waals surface area contributed by atoms with Crippen molar-refractivity contribution in [3.05, 3.63) is 70.5 Å². The van der Waals surface area contributed by atoms with Gasteiger partial charge < -0.3 is 15.0 Å². The van der Waals surface area contributed by atoms with Crippen LogP contribution in [0, 0.1) is 19.7 Å². The van der Waals surface area contributed by atoms with Crippen molar-refractivity contribution in [1.29, 1.82) is 0 Å². The number of hydrogen-bond donors (Lipinski definition) is 1.